The van der Waals surface area contributed by atoms with Crippen molar-refractivity contribution in [3.05, 3.63) is 30.4 Å². The van der Waals surface area contributed by atoms with Crippen LogP contribution in [0.5, 0.6) is 5.88 Å². The summed E-state index contributed by atoms with van der Waals surface area (Å²) in [5, 5.41) is 22.7. The molecule has 1 aliphatic rings. The molecule has 4 aromatic rings. The summed E-state index contributed by atoms with van der Waals surface area (Å²) < 4.78 is 7.58. The van der Waals surface area contributed by atoms with Crippen LogP contribution in [0.15, 0.2) is 24.5 Å². The summed E-state index contributed by atoms with van der Waals surface area (Å²) in [6, 6.07) is 4.18. The number of nitrogens with zero attached hydrogens (tertiary/aromatic N) is 5. The van der Waals surface area contributed by atoms with E-state index in [0.29, 0.717) is 17.5 Å². The molecule has 5 rings (SSSR count). The fraction of sp³-hybridized carbons (Fsp3) is 0.429. The van der Waals surface area contributed by atoms with E-state index in [1.54, 1.807) is 7.11 Å². The molecule has 1 fully saturated rings. The molecule has 0 bridgehead atoms. The number of nitrogens with one attached hydrogen (secondary N) is 2. The summed E-state index contributed by atoms with van der Waals surface area (Å²) in [5.74, 6) is 1.87. The number of ether oxygens (including phenoxy) is 1. The third-order valence-electron chi connectivity index (χ3n) is 5.97. The van der Waals surface area contributed by atoms with Gasteiger partial charge in [0.15, 0.2) is 5.65 Å². The number of H-pyrrole nitrogens is 1. The molecule has 0 unspecified atom stereocenters. The summed E-state index contributed by atoms with van der Waals surface area (Å²) in [7, 11) is 1.62. The minimum absolute atomic E-state index is 0.237. The number of pyridine rings is 1. The van der Waals surface area contributed by atoms with Crippen molar-refractivity contribution in [3.63, 3.8) is 0 Å². The van der Waals surface area contributed by atoms with Crippen molar-refractivity contribution >= 4 is 22.6 Å². The van der Waals surface area contributed by atoms with Crippen LogP contribution in [0.25, 0.3) is 27.8 Å². The van der Waals surface area contributed by atoms with E-state index in [0.717, 1.165) is 53.7 Å². The standard InChI is InChI=1S/C21H25N7O2/c1-12-26-27-16-5-4-13(11-28(12)16)15-10-22-18-17(15)19(30-3)25-20(24-18)23-14-6-8-21(2,29)9-7-14/h4-5,10-11,14,29H,6-9H2,1-3H3,(H2,22,23,24,25). The Balaban J connectivity index is 1.50. The molecule has 0 amide bonds. The lowest BCUT2D eigenvalue weighted by molar-refractivity contribution is 0.0195. The number of aromatic nitrogens is 6. The maximum Gasteiger partial charge on any atom is 0.228 e. The van der Waals surface area contributed by atoms with Crippen molar-refractivity contribution in [2.45, 2.75) is 51.2 Å². The fourth-order valence-electron chi connectivity index (χ4n) is 4.17. The third kappa shape index (κ3) is 3.24. The van der Waals surface area contributed by atoms with E-state index < -0.39 is 5.60 Å². The van der Waals surface area contributed by atoms with Gasteiger partial charge in [0.05, 0.1) is 18.1 Å². The maximum absolute atomic E-state index is 10.2. The molecule has 0 atom stereocenters. The Bertz CT molecular complexity index is 1220. The zero-order valence-electron chi connectivity index (χ0n) is 17.3. The number of aryl methyl sites for hydroxylation is 1. The predicted octanol–water partition coefficient (Wildman–Crippen LogP) is 3.09. The summed E-state index contributed by atoms with van der Waals surface area (Å²) in [6.45, 7) is 3.82. The molecule has 9 nitrogen and oxygen atoms in total. The topological polar surface area (TPSA) is 113 Å². The van der Waals surface area contributed by atoms with Crippen LogP contribution in [0, 0.1) is 6.92 Å². The quantitative estimate of drug-likeness (QED) is 0.476. The average molecular weight is 407 g/mol. The molecule has 4 heterocycles. The Kier molecular flexibility index (Phi) is 4.35. The zero-order valence-corrected chi connectivity index (χ0v) is 17.3. The van der Waals surface area contributed by atoms with Gasteiger partial charge in [-0.3, -0.25) is 4.40 Å². The first kappa shape index (κ1) is 18.8. The van der Waals surface area contributed by atoms with Gasteiger partial charge in [-0.05, 0) is 51.7 Å². The van der Waals surface area contributed by atoms with E-state index in [-0.39, 0.29) is 6.04 Å². The molecular formula is C21H25N7O2. The van der Waals surface area contributed by atoms with Crippen molar-refractivity contribution in [2.24, 2.45) is 0 Å². The lowest BCUT2D eigenvalue weighted by atomic mass is 9.84. The Morgan fingerprint density at radius 2 is 2.03 bits per heavy atom. The molecule has 156 valence electrons. The third-order valence-corrected chi connectivity index (χ3v) is 5.97. The van der Waals surface area contributed by atoms with Crippen LogP contribution in [-0.4, -0.2) is 53.4 Å². The van der Waals surface area contributed by atoms with Crippen LogP contribution < -0.4 is 10.1 Å². The molecule has 30 heavy (non-hydrogen) atoms. The van der Waals surface area contributed by atoms with Gasteiger partial charge in [0.25, 0.3) is 0 Å². The van der Waals surface area contributed by atoms with E-state index in [1.165, 1.54) is 0 Å². The van der Waals surface area contributed by atoms with Crippen molar-refractivity contribution in [3.8, 4) is 17.0 Å². The Morgan fingerprint density at radius 3 is 2.80 bits per heavy atom. The normalized spacial score (nSPS) is 21.9. The van der Waals surface area contributed by atoms with Crippen LogP contribution in [0.3, 0.4) is 0 Å². The molecular weight excluding hydrogens is 382 g/mol. The number of methoxy groups -OCH3 is 1. The summed E-state index contributed by atoms with van der Waals surface area (Å²) in [6.07, 6.45) is 7.22. The first-order valence-electron chi connectivity index (χ1n) is 10.2. The van der Waals surface area contributed by atoms with Gasteiger partial charge in [0.2, 0.25) is 11.8 Å². The highest BCUT2D eigenvalue weighted by atomic mass is 16.5. The second-order valence-electron chi connectivity index (χ2n) is 8.29. The van der Waals surface area contributed by atoms with Crippen LogP contribution in [0.2, 0.25) is 0 Å². The minimum Gasteiger partial charge on any atom is -0.480 e. The highest BCUT2D eigenvalue weighted by Gasteiger charge is 2.29. The highest BCUT2D eigenvalue weighted by molar-refractivity contribution is 5.97. The molecule has 0 aromatic carbocycles. The molecule has 9 heteroatoms. The van der Waals surface area contributed by atoms with Gasteiger partial charge in [-0.15, -0.1) is 10.2 Å². The smallest absolute Gasteiger partial charge is 0.228 e. The first-order valence-corrected chi connectivity index (χ1v) is 10.2. The van der Waals surface area contributed by atoms with Crippen LogP contribution in [0.4, 0.5) is 5.95 Å². The van der Waals surface area contributed by atoms with E-state index in [9.17, 15) is 5.11 Å². The highest BCUT2D eigenvalue weighted by Crippen LogP contribution is 2.35. The molecule has 0 aliphatic heterocycles. The second kappa shape index (κ2) is 6.94. The number of aromatic amines is 1. The van der Waals surface area contributed by atoms with E-state index in [1.807, 2.05) is 42.8 Å². The van der Waals surface area contributed by atoms with Gasteiger partial charge < -0.3 is 20.1 Å². The van der Waals surface area contributed by atoms with Gasteiger partial charge in [0, 0.05) is 29.6 Å². The fourth-order valence-corrected chi connectivity index (χ4v) is 4.17. The summed E-state index contributed by atoms with van der Waals surface area (Å²) in [4.78, 5) is 12.6. The van der Waals surface area contributed by atoms with Crippen LogP contribution in [0.1, 0.15) is 38.4 Å². The number of hydrogen-bond acceptors (Lipinski definition) is 7. The Hall–Kier alpha value is -3.20. The molecule has 1 saturated carbocycles. The number of aliphatic hydroxyl groups is 1. The number of anilines is 1. The van der Waals surface area contributed by atoms with Crippen molar-refractivity contribution in [1.82, 2.24) is 29.5 Å². The molecule has 3 N–H and O–H groups in total. The van der Waals surface area contributed by atoms with Gasteiger partial charge >= 0.3 is 0 Å². The van der Waals surface area contributed by atoms with Gasteiger partial charge in [-0.1, -0.05) is 0 Å². The number of hydrogen-bond donors (Lipinski definition) is 3. The minimum atomic E-state index is -0.570. The first-order chi connectivity index (χ1) is 14.4. The van der Waals surface area contributed by atoms with Gasteiger partial charge in [-0.2, -0.15) is 9.97 Å². The largest absolute Gasteiger partial charge is 0.480 e. The molecule has 1 aliphatic carbocycles. The van der Waals surface area contributed by atoms with Crippen molar-refractivity contribution in [2.75, 3.05) is 12.4 Å². The SMILES string of the molecule is COc1nc(NC2CCC(C)(O)CC2)nc2[nH]cc(-c3ccc4nnc(C)n4c3)c12. The van der Waals surface area contributed by atoms with Crippen molar-refractivity contribution in [1.29, 1.82) is 0 Å². The molecule has 0 radical (unpaired) electrons. The predicted molar refractivity (Wildman–Crippen MR) is 114 cm³/mol. The van der Waals surface area contributed by atoms with Gasteiger partial charge in [-0.25, -0.2) is 0 Å². The lowest BCUT2D eigenvalue weighted by Crippen LogP contribution is -2.36. The Morgan fingerprint density at radius 1 is 1.23 bits per heavy atom. The van der Waals surface area contributed by atoms with Crippen molar-refractivity contribution < 1.29 is 9.84 Å². The second-order valence-corrected chi connectivity index (χ2v) is 8.29. The molecule has 0 spiro atoms. The van der Waals surface area contributed by atoms with Crippen LogP contribution >= 0.6 is 0 Å². The summed E-state index contributed by atoms with van der Waals surface area (Å²) in [5.41, 5.74) is 2.89. The van der Waals surface area contributed by atoms with E-state index in [2.05, 4.69) is 30.5 Å². The number of rotatable bonds is 4. The van der Waals surface area contributed by atoms with E-state index in [4.69, 9.17) is 4.74 Å². The number of fused-ring (bicyclic) bond motifs is 2. The monoisotopic (exact) mass is 407 g/mol. The van der Waals surface area contributed by atoms with Gasteiger partial charge in [0.1, 0.15) is 11.5 Å². The van der Waals surface area contributed by atoms with Crippen LogP contribution in [-0.2, 0) is 0 Å². The molecule has 0 saturated heterocycles. The molecule has 4 aromatic heterocycles. The Labute approximate surface area is 173 Å². The summed E-state index contributed by atoms with van der Waals surface area (Å²) >= 11 is 0. The lowest BCUT2D eigenvalue weighted by Gasteiger charge is -2.33. The van der Waals surface area contributed by atoms with E-state index >= 15 is 0 Å². The average Bonchev–Trinajstić information content (AvgIpc) is 3.32. The maximum atomic E-state index is 10.2. The zero-order chi connectivity index (χ0) is 20.9.